The second-order valence-electron chi connectivity index (χ2n) is 6.48. The van der Waals surface area contributed by atoms with Crippen LogP contribution in [0.15, 0.2) is 48.5 Å². The molecule has 26 heavy (non-hydrogen) atoms. The number of anilines is 1. The highest BCUT2D eigenvalue weighted by Crippen LogP contribution is 2.42. The smallest absolute Gasteiger partial charge is 0.296 e. The quantitative estimate of drug-likeness (QED) is 0.614. The maximum atomic E-state index is 13.2. The molecule has 0 aliphatic heterocycles. The van der Waals surface area contributed by atoms with Crippen molar-refractivity contribution in [3.63, 3.8) is 0 Å². The summed E-state index contributed by atoms with van der Waals surface area (Å²) in [7, 11) is 0. The van der Waals surface area contributed by atoms with Gasteiger partial charge in [0, 0.05) is 0 Å². The van der Waals surface area contributed by atoms with Gasteiger partial charge in [0.05, 0.1) is 23.0 Å². The van der Waals surface area contributed by atoms with E-state index in [2.05, 4.69) is 5.32 Å². The molecule has 0 radical (unpaired) electrons. The monoisotopic (exact) mass is 354 g/mol. The summed E-state index contributed by atoms with van der Waals surface area (Å²) in [6.45, 7) is 2.23. The Bertz CT molecular complexity index is 799. The van der Waals surface area contributed by atoms with E-state index in [1.807, 2.05) is 37.3 Å². The number of amides is 1. The van der Waals surface area contributed by atoms with Crippen molar-refractivity contribution in [3.8, 4) is 5.75 Å². The number of benzene rings is 2. The van der Waals surface area contributed by atoms with Crippen molar-refractivity contribution in [3.05, 3.63) is 64.2 Å². The first-order valence-corrected chi connectivity index (χ1v) is 8.85. The number of nitrogens with zero attached hydrogens (tertiary/aromatic N) is 1. The summed E-state index contributed by atoms with van der Waals surface area (Å²) < 4.78 is 5.33. The molecule has 0 spiro atoms. The highest BCUT2D eigenvalue weighted by atomic mass is 16.6. The Morgan fingerprint density at radius 1 is 1.19 bits per heavy atom. The van der Waals surface area contributed by atoms with Gasteiger partial charge in [0.1, 0.15) is 11.4 Å². The van der Waals surface area contributed by atoms with Crippen LogP contribution in [-0.4, -0.2) is 17.4 Å². The zero-order valence-electron chi connectivity index (χ0n) is 14.7. The fourth-order valence-electron chi connectivity index (χ4n) is 3.65. The number of nitro groups is 1. The van der Waals surface area contributed by atoms with Crippen LogP contribution in [0.5, 0.6) is 5.75 Å². The Kier molecular flexibility index (Phi) is 5.21. The lowest BCUT2D eigenvalue weighted by Crippen LogP contribution is -2.38. The number of rotatable bonds is 6. The summed E-state index contributed by atoms with van der Waals surface area (Å²) in [5, 5.41) is 14.2. The van der Waals surface area contributed by atoms with E-state index in [-0.39, 0.29) is 17.3 Å². The summed E-state index contributed by atoms with van der Waals surface area (Å²) in [6.07, 6.45) is 3.42. The molecule has 0 atom stereocenters. The van der Waals surface area contributed by atoms with Gasteiger partial charge in [0.2, 0.25) is 5.91 Å². The Labute approximate surface area is 152 Å². The van der Waals surface area contributed by atoms with Crippen LogP contribution in [-0.2, 0) is 10.2 Å². The predicted octanol–water partition coefficient (Wildman–Crippen LogP) is 4.44. The summed E-state index contributed by atoms with van der Waals surface area (Å²) in [6, 6.07) is 14.2. The van der Waals surface area contributed by atoms with Gasteiger partial charge in [-0.2, -0.15) is 0 Å². The SMILES string of the molecule is CCOc1ccc(NC(=O)C2(c3ccccc3)CCCC2)c([N+](=O)[O-])c1. The van der Waals surface area contributed by atoms with Crippen LogP contribution in [0.3, 0.4) is 0 Å². The van der Waals surface area contributed by atoms with Gasteiger partial charge < -0.3 is 10.1 Å². The Morgan fingerprint density at radius 2 is 1.88 bits per heavy atom. The highest BCUT2D eigenvalue weighted by Gasteiger charge is 2.43. The van der Waals surface area contributed by atoms with Gasteiger partial charge in [-0.05, 0) is 37.5 Å². The summed E-state index contributed by atoms with van der Waals surface area (Å²) in [5.74, 6) is 0.226. The first kappa shape index (κ1) is 17.9. The molecule has 6 nitrogen and oxygen atoms in total. The van der Waals surface area contributed by atoms with Crippen LogP contribution >= 0.6 is 0 Å². The van der Waals surface area contributed by atoms with Crippen molar-refractivity contribution in [2.45, 2.75) is 38.0 Å². The summed E-state index contributed by atoms with van der Waals surface area (Å²) in [4.78, 5) is 24.1. The Balaban J connectivity index is 1.92. The van der Waals surface area contributed by atoms with Gasteiger partial charge in [-0.3, -0.25) is 14.9 Å². The number of carbonyl (C=O) groups is 1. The van der Waals surface area contributed by atoms with Gasteiger partial charge in [0.25, 0.3) is 5.69 Å². The molecular formula is C20H22N2O4. The van der Waals surface area contributed by atoms with Crippen LogP contribution in [0.1, 0.15) is 38.2 Å². The minimum absolute atomic E-state index is 0.162. The van der Waals surface area contributed by atoms with Crippen molar-refractivity contribution in [2.24, 2.45) is 0 Å². The third-order valence-corrected chi connectivity index (χ3v) is 4.94. The highest BCUT2D eigenvalue weighted by molar-refractivity contribution is 6.01. The number of nitro benzene ring substituents is 1. The van der Waals surface area contributed by atoms with Crippen LogP contribution in [0.2, 0.25) is 0 Å². The molecule has 1 fully saturated rings. The lowest BCUT2D eigenvalue weighted by molar-refractivity contribution is -0.384. The fourth-order valence-corrected chi connectivity index (χ4v) is 3.65. The van der Waals surface area contributed by atoms with Gasteiger partial charge in [-0.25, -0.2) is 0 Å². The van der Waals surface area contributed by atoms with Crippen molar-refractivity contribution in [1.82, 2.24) is 0 Å². The molecule has 6 heteroatoms. The first-order chi connectivity index (χ1) is 12.6. The van der Waals surface area contributed by atoms with Gasteiger partial charge >= 0.3 is 0 Å². The minimum Gasteiger partial charge on any atom is -0.494 e. The van der Waals surface area contributed by atoms with E-state index in [1.165, 1.54) is 12.1 Å². The molecule has 1 aliphatic carbocycles. The third-order valence-electron chi connectivity index (χ3n) is 4.94. The molecule has 0 unspecified atom stereocenters. The van der Waals surface area contributed by atoms with E-state index in [0.29, 0.717) is 12.4 Å². The van der Waals surface area contributed by atoms with E-state index >= 15 is 0 Å². The lowest BCUT2D eigenvalue weighted by Gasteiger charge is -2.28. The average molecular weight is 354 g/mol. The van der Waals surface area contributed by atoms with Crippen molar-refractivity contribution < 1.29 is 14.5 Å². The molecule has 3 rings (SSSR count). The molecule has 2 aromatic rings. The zero-order valence-corrected chi connectivity index (χ0v) is 14.7. The van der Waals surface area contributed by atoms with Crippen LogP contribution in [0.25, 0.3) is 0 Å². The number of ether oxygens (including phenoxy) is 1. The molecule has 0 saturated heterocycles. The van der Waals surface area contributed by atoms with E-state index in [4.69, 9.17) is 4.74 Å². The number of carbonyl (C=O) groups excluding carboxylic acids is 1. The molecule has 1 saturated carbocycles. The molecular weight excluding hydrogens is 332 g/mol. The molecule has 0 bridgehead atoms. The summed E-state index contributed by atoms with van der Waals surface area (Å²) >= 11 is 0. The van der Waals surface area contributed by atoms with Crippen LogP contribution < -0.4 is 10.1 Å². The number of hydrogen-bond acceptors (Lipinski definition) is 4. The molecule has 2 aromatic carbocycles. The lowest BCUT2D eigenvalue weighted by atomic mass is 9.78. The second-order valence-corrected chi connectivity index (χ2v) is 6.48. The van der Waals surface area contributed by atoms with E-state index < -0.39 is 10.3 Å². The van der Waals surface area contributed by atoms with Gasteiger partial charge in [-0.15, -0.1) is 0 Å². The van der Waals surface area contributed by atoms with Gasteiger partial charge in [-0.1, -0.05) is 43.2 Å². The van der Waals surface area contributed by atoms with E-state index in [0.717, 1.165) is 31.2 Å². The maximum Gasteiger partial charge on any atom is 0.296 e. The van der Waals surface area contributed by atoms with Crippen LogP contribution in [0.4, 0.5) is 11.4 Å². The minimum atomic E-state index is -0.631. The number of hydrogen-bond donors (Lipinski definition) is 1. The van der Waals surface area contributed by atoms with Crippen molar-refractivity contribution >= 4 is 17.3 Å². The number of nitrogens with one attached hydrogen (secondary N) is 1. The molecule has 0 heterocycles. The van der Waals surface area contributed by atoms with Crippen LogP contribution in [0, 0.1) is 10.1 Å². The molecule has 1 amide bonds. The molecule has 1 N–H and O–H groups in total. The average Bonchev–Trinajstić information content (AvgIpc) is 3.15. The largest absolute Gasteiger partial charge is 0.494 e. The Hall–Kier alpha value is -2.89. The predicted molar refractivity (Wildman–Crippen MR) is 99.5 cm³/mol. The topological polar surface area (TPSA) is 81.5 Å². The second kappa shape index (κ2) is 7.56. The molecule has 0 aromatic heterocycles. The molecule has 136 valence electrons. The third kappa shape index (κ3) is 3.40. The van der Waals surface area contributed by atoms with E-state index in [9.17, 15) is 14.9 Å². The Morgan fingerprint density at radius 3 is 2.50 bits per heavy atom. The molecule has 1 aliphatic rings. The standard InChI is InChI=1S/C20H22N2O4/c1-2-26-16-10-11-17(18(14-16)22(24)25)21-19(23)20(12-6-7-13-20)15-8-4-3-5-9-15/h3-5,8-11,14H,2,6-7,12-13H2,1H3,(H,21,23). The van der Waals surface area contributed by atoms with Crippen molar-refractivity contribution in [1.29, 1.82) is 0 Å². The summed E-state index contributed by atoms with van der Waals surface area (Å²) in [5.41, 5.74) is 0.369. The normalized spacial score (nSPS) is 15.4. The van der Waals surface area contributed by atoms with E-state index in [1.54, 1.807) is 6.07 Å². The zero-order chi connectivity index (χ0) is 18.6. The van der Waals surface area contributed by atoms with Crippen molar-refractivity contribution in [2.75, 3.05) is 11.9 Å². The van der Waals surface area contributed by atoms with Gasteiger partial charge in [0.15, 0.2) is 0 Å². The maximum absolute atomic E-state index is 13.2. The first-order valence-electron chi connectivity index (χ1n) is 8.85. The fraction of sp³-hybridized carbons (Fsp3) is 0.350.